The Kier molecular flexibility index (Phi) is 8.30. The molecule has 0 saturated heterocycles. The van der Waals surface area contributed by atoms with Gasteiger partial charge in [0.05, 0.1) is 6.61 Å². The van der Waals surface area contributed by atoms with Crippen LogP contribution in [0.2, 0.25) is 0 Å². The Hall–Kier alpha value is -2.37. The highest BCUT2D eigenvalue weighted by molar-refractivity contribution is 5.99. The van der Waals surface area contributed by atoms with Gasteiger partial charge in [-0.05, 0) is 44.7 Å². The maximum atomic E-state index is 12.9. The summed E-state index contributed by atoms with van der Waals surface area (Å²) in [6.45, 7) is 3.44. The van der Waals surface area contributed by atoms with Gasteiger partial charge in [0.2, 0.25) is 11.8 Å². The molecule has 1 atom stereocenters. The summed E-state index contributed by atoms with van der Waals surface area (Å²) in [5.41, 5.74) is 0.692. The molecule has 1 N–H and O–H groups in total. The van der Waals surface area contributed by atoms with Gasteiger partial charge in [0.1, 0.15) is 12.6 Å². The van der Waals surface area contributed by atoms with Crippen LogP contribution >= 0.6 is 0 Å². The highest BCUT2D eigenvalue weighted by Gasteiger charge is 2.25. The molecule has 1 aliphatic rings. The van der Waals surface area contributed by atoms with Crippen LogP contribution in [-0.2, 0) is 19.1 Å². The highest BCUT2D eigenvalue weighted by atomic mass is 16.5. The minimum absolute atomic E-state index is 0.0490. The molecule has 1 aromatic carbocycles. The molecule has 1 fully saturated rings. The lowest BCUT2D eigenvalue weighted by Crippen LogP contribution is -2.46. The summed E-state index contributed by atoms with van der Waals surface area (Å²) in [6, 6.07) is 8.45. The number of esters is 1. The third-order valence-corrected chi connectivity index (χ3v) is 4.88. The molecular weight excluding hydrogens is 344 g/mol. The van der Waals surface area contributed by atoms with E-state index < -0.39 is 12.0 Å². The first-order valence-electron chi connectivity index (χ1n) is 9.82. The van der Waals surface area contributed by atoms with Gasteiger partial charge in [0, 0.05) is 12.1 Å². The van der Waals surface area contributed by atoms with Crippen molar-refractivity contribution >= 4 is 23.5 Å². The van der Waals surface area contributed by atoms with Crippen LogP contribution in [0.1, 0.15) is 52.4 Å². The van der Waals surface area contributed by atoms with E-state index in [4.69, 9.17) is 4.74 Å². The minimum Gasteiger partial charge on any atom is -0.464 e. The number of ether oxygens (including phenoxy) is 1. The Morgan fingerprint density at radius 3 is 2.44 bits per heavy atom. The van der Waals surface area contributed by atoms with Crippen LogP contribution in [0.4, 0.5) is 5.69 Å². The van der Waals surface area contributed by atoms with Gasteiger partial charge < -0.3 is 15.0 Å². The van der Waals surface area contributed by atoms with Gasteiger partial charge in [-0.15, -0.1) is 0 Å². The molecule has 0 aliphatic heterocycles. The number of carbonyl (C=O) groups excluding carboxylic acids is 3. The second-order valence-electron chi connectivity index (χ2n) is 7.06. The van der Waals surface area contributed by atoms with E-state index in [1.165, 1.54) is 24.2 Å². The zero-order chi connectivity index (χ0) is 19.6. The average molecular weight is 374 g/mol. The second-order valence-corrected chi connectivity index (χ2v) is 7.06. The smallest absolute Gasteiger partial charge is 0.328 e. The number of hydrogen-bond donors (Lipinski definition) is 1. The zero-order valence-electron chi connectivity index (χ0n) is 16.3. The molecule has 27 heavy (non-hydrogen) atoms. The number of carbonyl (C=O) groups is 3. The molecule has 2 amide bonds. The van der Waals surface area contributed by atoms with Crippen molar-refractivity contribution in [1.29, 1.82) is 0 Å². The molecule has 0 spiro atoms. The molecule has 6 heteroatoms. The van der Waals surface area contributed by atoms with Crippen molar-refractivity contribution in [3.8, 4) is 0 Å². The predicted octanol–water partition coefficient (Wildman–Crippen LogP) is 3.06. The first-order chi connectivity index (χ1) is 13.0. The molecule has 1 aromatic rings. The third kappa shape index (κ3) is 6.70. The van der Waals surface area contributed by atoms with E-state index in [0.29, 0.717) is 18.0 Å². The normalized spacial score (nSPS) is 15.6. The summed E-state index contributed by atoms with van der Waals surface area (Å²) in [5, 5.41) is 2.62. The van der Waals surface area contributed by atoms with Crippen LogP contribution in [0.3, 0.4) is 0 Å². The summed E-state index contributed by atoms with van der Waals surface area (Å²) in [4.78, 5) is 38.6. The number of para-hydroxylation sites is 1. The summed E-state index contributed by atoms with van der Waals surface area (Å²) in [5.74, 6) is -0.520. The van der Waals surface area contributed by atoms with Crippen molar-refractivity contribution < 1.29 is 19.1 Å². The monoisotopic (exact) mass is 374 g/mol. The van der Waals surface area contributed by atoms with Gasteiger partial charge in [-0.25, -0.2) is 4.79 Å². The summed E-state index contributed by atoms with van der Waals surface area (Å²) in [6.07, 6.45) is 6.17. The van der Waals surface area contributed by atoms with Crippen molar-refractivity contribution in [3.63, 3.8) is 0 Å². The quantitative estimate of drug-likeness (QED) is 0.710. The largest absolute Gasteiger partial charge is 0.464 e. The fourth-order valence-electron chi connectivity index (χ4n) is 3.44. The number of hydrogen-bond acceptors (Lipinski definition) is 4. The Morgan fingerprint density at radius 2 is 1.81 bits per heavy atom. The number of nitrogens with zero attached hydrogens (tertiary/aromatic N) is 1. The number of rotatable bonds is 8. The van der Waals surface area contributed by atoms with E-state index in [2.05, 4.69) is 5.32 Å². The molecule has 0 heterocycles. The number of nitrogens with one attached hydrogen (secondary N) is 1. The second kappa shape index (κ2) is 10.7. The molecule has 0 aromatic heterocycles. The maximum absolute atomic E-state index is 12.9. The Bertz CT molecular complexity index is 626. The van der Waals surface area contributed by atoms with Gasteiger partial charge in [-0.2, -0.15) is 0 Å². The lowest BCUT2D eigenvalue weighted by atomic mass is 9.86. The number of amides is 2. The first-order valence-corrected chi connectivity index (χ1v) is 9.82. The van der Waals surface area contributed by atoms with Crippen molar-refractivity contribution in [2.75, 3.05) is 18.1 Å². The predicted molar refractivity (Wildman–Crippen MR) is 104 cm³/mol. The van der Waals surface area contributed by atoms with Gasteiger partial charge in [0.15, 0.2) is 0 Å². The number of benzene rings is 1. The van der Waals surface area contributed by atoms with Crippen LogP contribution in [0.5, 0.6) is 0 Å². The molecule has 1 aliphatic carbocycles. The molecular formula is C21H30N2O4. The van der Waals surface area contributed by atoms with Crippen LogP contribution in [0.15, 0.2) is 30.3 Å². The fraction of sp³-hybridized carbons (Fsp3) is 0.571. The first kappa shape index (κ1) is 20.9. The van der Waals surface area contributed by atoms with Crippen molar-refractivity contribution in [1.82, 2.24) is 5.32 Å². The van der Waals surface area contributed by atoms with E-state index in [0.717, 1.165) is 12.8 Å². The fourth-order valence-corrected chi connectivity index (χ4v) is 3.44. The zero-order valence-corrected chi connectivity index (χ0v) is 16.3. The summed E-state index contributed by atoms with van der Waals surface area (Å²) in [7, 11) is 0. The molecule has 0 unspecified atom stereocenters. The van der Waals surface area contributed by atoms with E-state index in [9.17, 15) is 14.4 Å². The van der Waals surface area contributed by atoms with Crippen molar-refractivity contribution in [2.45, 2.75) is 58.4 Å². The van der Waals surface area contributed by atoms with Crippen molar-refractivity contribution in [2.24, 2.45) is 5.92 Å². The van der Waals surface area contributed by atoms with Crippen molar-refractivity contribution in [3.05, 3.63) is 30.3 Å². The lowest BCUT2D eigenvalue weighted by Gasteiger charge is -2.27. The minimum atomic E-state index is -0.747. The molecule has 0 bridgehead atoms. The molecule has 0 radical (unpaired) electrons. The Labute approximate surface area is 161 Å². The SMILES string of the molecule is CCOC(=O)[C@H](C)NC(=O)CN(C(=O)CC1CCCCC1)c1ccccc1. The topological polar surface area (TPSA) is 75.7 Å². The van der Waals surface area contributed by atoms with Gasteiger partial charge >= 0.3 is 5.97 Å². The van der Waals surface area contributed by atoms with Gasteiger partial charge in [-0.1, -0.05) is 37.5 Å². The third-order valence-electron chi connectivity index (χ3n) is 4.88. The average Bonchev–Trinajstić information content (AvgIpc) is 2.67. The van der Waals surface area contributed by atoms with Crippen LogP contribution < -0.4 is 10.2 Å². The van der Waals surface area contributed by atoms with Crippen LogP contribution in [-0.4, -0.2) is 37.0 Å². The van der Waals surface area contributed by atoms with Crippen LogP contribution in [0.25, 0.3) is 0 Å². The molecule has 148 valence electrons. The Balaban J connectivity index is 2.02. The highest BCUT2D eigenvalue weighted by Crippen LogP contribution is 2.27. The molecule has 2 rings (SSSR count). The van der Waals surface area contributed by atoms with Gasteiger partial charge in [0.25, 0.3) is 0 Å². The summed E-state index contributed by atoms with van der Waals surface area (Å²) < 4.78 is 4.91. The lowest BCUT2D eigenvalue weighted by molar-refractivity contribution is -0.146. The van der Waals surface area contributed by atoms with E-state index in [1.807, 2.05) is 30.3 Å². The maximum Gasteiger partial charge on any atom is 0.328 e. The van der Waals surface area contributed by atoms with E-state index in [1.54, 1.807) is 13.8 Å². The standard InChI is InChI=1S/C21H30N2O4/c1-3-27-21(26)16(2)22-19(24)15-23(18-12-8-5-9-13-18)20(25)14-17-10-6-4-7-11-17/h5,8-9,12-13,16-17H,3-4,6-7,10-11,14-15H2,1-2H3,(H,22,24)/t16-/m0/s1. The number of anilines is 1. The molecule has 6 nitrogen and oxygen atoms in total. The van der Waals surface area contributed by atoms with E-state index in [-0.39, 0.29) is 25.0 Å². The summed E-state index contributed by atoms with van der Waals surface area (Å²) >= 11 is 0. The van der Waals surface area contributed by atoms with E-state index >= 15 is 0 Å². The van der Waals surface area contributed by atoms with Gasteiger partial charge in [-0.3, -0.25) is 9.59 Å². The van der Waals surface area contributed by atoms with Crippen LogP contribution in [0, 0.1) is 5.92 Å². The Morgan fingerprint density at radius 1 is 1.15 bits per heavy atom. The molecule has 1 saturated carbocycles.